The molecular weight excluding hydrogens is 176 g/mol. The number of H-pyrrole nitrogens is 1. The van der Waals surface area contributed by atoms with Gasteiger partial charge in [0.15, 0.2) is 0 Å². The summed E-state index contributed by atoms with van der Waals surface area (Å²) in [6, 6.07) is 2.05. The zero-order valence-corrected chi connectivity index (χ0v) is 9.27. The van der Waals surface area contributed by atoms with E-state index in [4.69, 9.17) is 0 Å². The normalized spacial score (nSPS) is 12.6. The number of aromatic amines is 1. The van der Waals surface area contributed by atoms with Gasteiger partial charge in [0, 0.05) is 12.7 Å². The van der Waals surface area contributed by atoms with Crippen molar-refractivity contribution >= 4 is 5.91 Å². The molecule has 1 aromatic heterocycles. The van der Waals surface area contributed by atoms with E-state index in [1.807, 2.05) is 6.92 Å². The highest BCUT2D eigenvalue weighted by Gasteiger charge is 2.16. The Morgan fingerprint density at radius 1 is 1.64 bits per heavy atom. The summed E-state index contributed by atoms with van der Waals surface area (Å²) in [6.45, 7) is 6.23. The monoisotopic (exact) mass is 194 g/mol. The Morgan fingerprint density at radius 2 is 2.29 bits per heavy atom. The van der Waals surface area contributed by atoms with Crippen molar-refractivity contribution < 1.29 is 4.79 Å². The van der Waals surface area contributed by atoms with Crippen LogP contribution in [0, 0.1) is 6.92 Å². The van der Waals surface area contributed by atoms with Gasteiger partial charge in [0.05, 0.1) is 0 Å². The van der Waals surface area contributed by atoms with Gasteiger partial charge in [-0.1, -0.05) is 13.8 Å². The molecule has 0 spiro atoms. The number of nitrogens with one attached hydrogen (secondary N) is 2. The predicted octanol–water partition coefficient (Wildman–Crippen LogP) is 2.20. The number of hydrogen-bond acceptors (Lipinski definition) is 1. The molecule has 78 valence electrons. The topological polar surface area (TPSA) is 44.9 Å². The fourth-order valence-corrected chi connectivity index (χ4v) is 1.53. The summed E-state index contributed by atoms with van der Waals surface area (Å²) in [6.07, 6.45) is 1.04. The van der Waals surface area contributed by atoms with Gasteiger partial charge in [-0.05, 0) is 30.9 Å². The minimum absolute atomic E-state index is 0.0339. The van der Waals surface area contributed by atoms with Crippen LogP contribution in [0.15, 0.2) is 6.07 Å². The lowest BCUT2D eigenvalue weighted by Crippen LogP contribution is -2.20. The maximum Gasteiger partial charge on any atom is 0.267 e. The van der Waals surface area contributed by atoms with Crippen molar-refractivity contribution in [3.8, 4) is 0 Å². The third kappa shape index (κ3) is 1.97. The molecule has 0 aliphatic heterocycles. The smallest absolute Gasteiger partial charge is 0.267 e. The van der Waals surface area contributed by atoms with Crippen LogP contribution < -0.4 is 5.32 Å². The van der Waals surface area contributed by atoms with Gasteiger partial charge in [0.1, 0.15) is 5.69 Å². The molecular formula is C11H18N2O. The summed E-state index contributed by atoms with van der Waals surface area (Å²) >= 11 is 0. The lowest BCUT2D eigenvalue weighted by Gasteiger charge is -2.08. The zero-order chi connectivity index (χ0) is 10.7. The van der Waals surface area contributed by atoms with E-state index >= 15 is 0 Å². The van der Waals surface area contributed by atoms with Crippen LogP contribution in [0.4, 0.5) is 0 Å². The average molecular weight is 194 g/mol. The molecule has 14 heavy (non-hydrogen) atoms. The van der Waals surface area contributed by atoms with Crippen LogP contribution in [-0.4, -0.2) is 17.9 Å². The van der Waals surface area contributed by atoms with E-state index in [-0.39, 0.29) is 5.91 Å². The molecule has 0 saturated carbocycles. The molecule has 0 bridgehead atoms. The fourth-order valence-electron chi connectivity index (χ4n) is 1.53. The van der Waals surface area contributed by atoms with Crippen LogP contribution in [-0.2, 0) is 0 Å². The second-order valence-corrected chi connectivity index (χ2v) is 3.67. The van der Waals surface area contributed by atoms with Gasteiger partial charge < -0.3 is 10.3 Å². The number of carbonyl (C=O) groups is 1. The number of hydrogen-bond donors (Lipinski definition) is 2. The summed E-state index contributed by atoms with van der Waals surface area (Å²) in [4.78, 5) is 14.6. The van der Waals surface area contributed by atoms with E-state index in [9.17, 15) is 4.79 Å². The molecule has 3 nitrogen and oxygen atoms in total. The molecule has 0 aliphatic carbocycles. The van der Waals surface area contributed by atoms with E-state index in [2.05, 4.69) is 30.2 Å². The summed E-state index contributed by atoms with van der Waals surface area (Å²) in [5.41, 5.74) is 2.86. The lowest BCUT2D eigenvalue weighted by atomic mass is 9.98. The van der Waals surface area contributed by atoms with Crippen LogP contribution in [0.2, 0.25) is 0 Å². The summed E-state index contributed by atoms with van der Waals surface area (Å²) in [7, 11) is 1.65. The van der Waals surface area contributed by atoms with Crippen molar-refractivity contribution in [2.24, 2.45) is 0 Å². The SMILES string of the molecule is CCC(C)c1cc(C)[nH]c1C(=O)NC. The van der Waals surface area contributed by atoms with Gasteiger partial charge in [0.2, 0.25) is 0 Å². The van der Waals surface area contributed by atoms with Gasteiger partial charge in [-0.15, -0.1) is 0 Å². The summed E-state index contributed by atoms with van der Waals surface area (Å²) < 4.78 is 0. The Labute approximate surface area is 84.9 Å². The van der Waals surface area contributed by atoms with Gasteiger partial charge >= 0.3 is 0 Å². The molecule has 1 heterocycles. The van der Waals surface area contributed by atoms with Crippen LogP contribution >= 0.6 is 0 Å². The van der Waals surface area contributed by atoms with Crippen molar-refractivity contribution in [2.45, 2.75) is 33.1 Å². The molecule has 1 unspecified atom stereocenters. The van der Waals surface area contributed by atoms with Crippen molar-refractivity contribution in [3.63, 3.8) is 0 Å². The molecule has 0 aromatic carbocycles. The summed E-state index contributed by atoms with van der Waals surface area (Å²) in [5.74, 6) is 0.389. The van der Waals surface area contributed by atoms with Crippen molar-refractivity contribution in [1.82, 2.24) is 10.3 Å². The molecule has 0 fully saturated rings. The Balaban J connectivity index is 3.08. The first kappa shape index (κ1) is 10.8. The molecule has 3 heteroatoms. The Morgan fingerprint density at radius 3 is 2.79 bits per heavy atom. The minimum atomic E-state index is -0.0339. The molecule has 1 atom stereocenters. The number of carbonyl (C=O) groups excluding carboxylic acids is 1. The molecule has 2 N–H and O–H groups in total. The Hall–Kier alpha value is -1.25. The highest BCUT2D eigenvalue weighted by molar-refractivity contribution is 5.94. The van der Waals surface area contributed by atoms with Crippen molar-refractivity contribution in [1.29, 1.82) is 0 Å². The fraction of sp³-hybridized carbons (Fsp3) is 0.545. The second kappa shape index (κ2) is 4.31. The third-order valence-corrected chi connectivity index (χ3v) is 2.58. The maximum absolute atomic E-state index is 11.5. The minimum Gasteiger partial charge on any atom is -0.354 e. The lowest BCUT2D eigenvalue weighted by molar-refractivity contribution is 0.0957. The van der Waals surface area contributed by atoms with Crippen LogP contribution in [0.25, 0.3) is 0 Å². The molecule has 0 saturated heterocycles. The zero-order valence-electron chi connectivity index (χ0n) is 9.27. The van der Waals surface area contributed by atoms with Gasteiger partial charge in [-0.2, -0.15) is 0 Å². The second-order valence-electron chi connectivity index (χ2n) is 3.67. The van der Waals surface area contributed by atoms with Crippen molar-refractivity contribution in [2.75, 3.05) is 7.05 Å². The highest BCUT2D eigenvalue weighted by Crippen LogP contribution is 2.23. The Kier molecular flexibility index (Phi) is 3.33. The first-order chi connectivity index (χ1) is 6.60. The molecule has 1 rings (SSSR count). The third-order valence-electron chi connectivity index (χ3n) is 2.58. The maximum atomic E-state index is 11.5. The Bertz CT molecular complexity index is 328. The van der Waals surface area contributed by atoms with E-state index in [1.54, 1.807) is 7.05 Å². The molecule has 1 amide bonds. The van der Waals surface area contributed by atoms with Gasteiger partial charge in [-0.25, -0.2) is 0 Å². The predicted molar refractivity (Wildman–Crippen MR) is 57.6 cm³/mol. The molecule has 1 aromatic rings. The van der Waals surface area contributed by atoms with Crippen molar-refractivity contribution in [3.05, 3.63) is 23.0 Å². The number of amides is 1. The number of aryl methyl sites for hydroxylation is 1. The van der Waals surface area contributed by atoms with E-state index < -0.39 is 0 Å². The van der Waals surface area contributed by atoms with E-state index in [1.165, 1.54) is 0 Å². The molecule has 0 aliphatic rings. The highest BCUT2D eigenvalue weighted by atomic mass is 16.1. The van der Waals surface area contributed by atoms with Crippen LogP contribution in [0.3, 0.4) is 0 Å². The van der Waals surface area contributed by atoms with Gasteiger partial charge in [0.25, 0.3) is 5.91 Å². The summed E-state index contributed by atoms with van der Waals surface area (Å²) in [5, 5.41) is 2.64. The first-order valence-electron chi connectivity index (χ1n) is 5.01. The number of rotatable bonds is 3. The van der Waals surface area contributed by atoms with Gasteiger partial charge in [-0.3, -0.25) is 4.79 Å². The van der Waals surface area contributed by atoms with E-state index in [0.717, 1.165) is 17.7 Å². The number of aromatic nitrogens is 1. The first-order valence-corrected chi connectivity index (χ1v) is 5.01. The largest absolute Gasteiger partial charge is 0.354 e. The standard InChI is InChI=1S/C11H18N2O/c1-5-7(2)9-6-8(3)13-10(9)11(14)12-4/h6-7,13H,5H2,1-4H3,(H,12,14). The molecule has 0 radical (unpaired) electrons. The quantitative estimate of drug-likeness (QED) is 0.761. The van der Waals surface area contributed by atoms with Crippen LogP contribution in [0.1, 0.15) is 47.9 Å². The van der Waals surface area contributed by atoms with Crippen LogP contribution in [0.5, 0.6) is 0 Å². The van der Waals surface area contributed by atoms with E-state index in [0.29, 0.717) is 11.6 Å². The average Bonchev–Trinajstić information content (AvgIpc) is 2.58.